The SMILES string of the molecule is CCc1nsc(N2CCN(C(=NC)NCCn3ccnc3)CC2)n1.I. The highest BCUT2D eigenvalue weighted by molar-refractivity contribution is 14.0. The zero-order valence-corrected chi connectivity index (χ0v) is 17.8. The lowest BCUT2D eigenvalue weighted by Gasteiger charge is -2.36. The fourth-order valence-electron chi connectivity index (χ4n) is 2.67. The van der Waals surface area contributed by atoms with Crippen LogP contribution in [0.2, 0.25) is 0 Å². The van der Waals surface area contributed by atoms with Crippen molar-refractivity contribution < 1.29 is 0 Å². The summed E-state index contributed by atoms with van der Waals surface area (Å²) >= 11 is 1.50. The molecule has 3 heterocycles. The van der Waals surface area contributed by atoms with Crippen LogP contribution >= 0.6 is 35.5 Å². The van der Waals surface area contributed by atoms with E-state index in [1.165, 1.54) is 11.5 Å². The van der Waals surface area contributed by atoms with E-state index in [4.69, 9.17) is 0 Å². The van der Waals surface area contributed by atoms with Crippen molar-refractivity contribution in [3.8, 4) is 0 Å². The van der Waals surface area contributed by atoms with Crippen LogP contribution in [-0.2, 0) is 13.0 Å². The summed E-state index contributed by atoms with van der Waals surface area (Å²) < 4.78 is 6.43. The van der Waals surface area contributed by atoms with Crippen LogP contribution in [0.25, 0.3) is 0 Å². The molecule has 0 saturated carbocycles. The standard InChI is InChI=1S/C15H24N8S.HI/c1-3-13-19-15(24-20-13)23-10-8-22(9-11-23)14(16-2)18-5-7-21-6-4-17-12-21;/h4,6,12H,3,5,7-11H2,1-2H3,(H,16,18);1H. The third-order valence-electron chi connectivity index (χ3n) is 4.05. The number of imidazole rings is 1. The van der Waals surface area contributed by atoms with Crippen LogP contribution in [0.4, 0.5) is 5.13 Å². The minimum atomic E-state index is 0. The molecule has 0 spiro atoms. The first-order valence-electron chi connectivity index (χ1n) is 8.29. The Hall–Kier alpha value is -1.43. The molecule has 1 aliphatic rings. The number of anilines is 1. The van der Waals surface area contributed by atoms with Gasteiger partial charge in [-0.3, -0.25) is 4.99 Å². The topological polar surface area (TPSA) is 74.5 Å². The number of aliphatic imine (C=N–C) groups is 1. The van der Waals surface area contributed by atoms with Crippen LogP contribution in [0.3, 0.4) is 0 Å². The third-order valence-corrected chi connectivity index (χ3v) is 4.86. The zero-order chi connectivity index (χ0) is 16.8. The third kappa shape index (κ3) is 5.27. The van der Waals surface area contributed by atoms with Gasteiger partial charge in [0, 0.05) is 76.7 Å². The minimum Gasteiger partial charge on any atom is -0.354 e. The molecule has 0 amide bonds. The average molecular weight is 476 g/mol. The molecule has 1 N–H and O–H groups in total. The number of guanidine groups is 1. The van der Waals surface area contributed by atoms with Crippen LogP contribution in [0.1, 0.15) is 12.7 Å². The van der Waals surface area contributed by atoms with Crippen LogP contribution in [0.15, 0.2) is 23.7 Å². The fraction of sp³-hybridized carbons (Fsp3) is 0.600. The quantitative estimate of drug-likeness (QED) is 0.399. The number of aromatic nitrogens is 4. The van der Waals surface area contributed by atoms with Gasteiger partial charge in [0.25, 0.3) is 0 Å². The number of rotatable bonds is 5. The van der Waals surface area contributed by atoms with E-state index in [2.05, 4.69) is 45.9 Å². The number of piperazine rings is 1. The van der Waals surface area contributed by atoms with Gasteiger partial charge in [-0.1, -0.05) is 6.92 Å². The molecule has 1 fully saturated rings. The van der Waals surface area contributed by atoms with Crippen molar-refractivity contribution in [2.24, 2.45) is 4.99 Å². The van der Waals surface area contributed by atoms with Gasteiger partial charge in [0.1, 0.15) is 5.82 Å². The molecule has 2 aromatic heterocycles. The maximum Gasteiger partial charge on any atom is 0.205 e. The number of hydrogen-bond donors (Lipinski definition) is 1. The van der Waals surface area contributed by atoms with E-state index in [1.54, 1.807) is 6.20 Å². The highest BCUT2D eigenvalue weighted by atomic mass is 127. The number of hydrogen-bond acceptors (Lipinski definition) is 6. The Morgan fingerprint density at radius 3 is 2.72 bits per heavy atom. The molecule has 138 valence electrons. The zero-order valence-electron chi connectivity index (χ0n) is 14.6. The van der Waals surface area contributed by atoms with Crippen molar-refractivity contribution in [3.05, 3.63) is 24.5 Å². The molecule has 25 heavy (non-hydrogen) atoms. The highest BCUT2D eigenvalue weighted by Gasteiger charge is 2.21. The molecule has 0 aliphatic carbocycles. The average Bonchev–Trinajstić information content (AvgIpc) is 3.30. The molecule has 10 heteroatoms. The first-order valence-corrected chi connectivity index (χ1v) is 9.06. The largest absolute Gasteiger partial charge is 0.354 e. The van der Waals surface area contributed by atoms with E-state index in [0.717, 1.165) is 62.6 Å². The van der Waals surface area contributed by atoms with E-state index in [1.807, 2.05) is 19.6 Å². The number of aryl methyl sites for hydroxylation is 1. The van der Waals surface area contributed by atoms with Crippen molar-refractivity contribution in [3.63, 3.8) is 0 Å². The Morgan fingerprint density at radius 1 is 1.32 bits per heavy atom. The second-order valence-corrected chi connectivity index (χ2v) is 6.33. The lowest BCUT2D eigenvalue weighted by Crippen LogP contribution is -2.52. The van der Waals surface area contributed by atoms with Gasteiger partial charge < -0.3 is 19.7 Å². The Balaban J connectivity index is 0.00000225. The molecule has 1 saturated heterocycles. The molecule has 1 aliphatic heterocycles. The summed E-state index contributed by atoms with van der Waals surface area (Å²) in [5.41, 5.74) is 0. The van der Waals surface area contributed by atoms with Crippen molar-refractivity contribution in [1.29, 1.82) is 0 Å². The molecule has 2 aromatic rings. The molecule has 0 bridgehead atoms. The predicted molar refractivity (Wildman–Crippen MR) is 112 cm³/mol. The monoisotopic (exact) mass is 476 g/mol. The Labute approximate surface area is 169 Å². The second kappa shape index (κ2) is 9.90. The first-order chi connectivity index (χ1) is 11.8. The van der Waals surface area contributed by atoms with E-state index in [-0.39, 0.29) is 24.0 Å². The predicted octanol–water partition coefficient (Wildman–Crippen LogP) is 1.31. The molecular weight excluding hydrogens is 451 g/mol. The molecule has 0 aromatic carbocycles. The Morgan fingerprint density at radius 2 is 2.12 bits per heavy atom. The van der Waals surface area contributed by atoms with Crippen molar-refractivity contribution in [2.75, 3.05) is 44.7 Å². The van der Waals surface area contributed by atoms with E-state index in [9.17, 15) is 0 Å². The Bertz CT molecular complexity index is 648. The van der Waals surface area contributed by atoms with Gasteiger partial charge in [-0.05, 0) is 0 Å². The van der Waals surface area contributed by atoms with Crippen LogP contribution < -0.4 is 10.2 Å². The van der Waals surface area contributed by atoms with Gasteiger partial charge in [-0.2, -0.15) is 4.37 Å². The summed E-state index contributed by atoms with van der Waals surface area (Å²) in [6.45, 7) is 7.56. The van der Waals surface area contributed by atoms with Crippen molar-refractivity contribution in [1.82, 2.24) is 29.1 Å². The van der Waals surface area contributed by atoms with Gasteiger partial charge >= 0.3 is 0 Å². The van der Waals surface area contributed by atoms with E-state index < -0.39 is 0 Å². The minimum absolute atomic E-state index is 0. The molecule has 8 nitrogen and oxygen atoms in total. The smallest absolute Gasteiger partial charge is 0.205 e. The van der Waals surface area contributed by atoms with Crippen molar-refractivity contribution >= 4 is 46.6 Å². The van der Waals surface area contributed by atoms with Crippen LogP contribution in [0.5, 0.6) is 0 Å². The van der Waals surface area contributed by atoms with Gasteiger partial charge in [0.15, 0.2) is 5.96 Å². The fourth-order valence-corrected chi connectivity index (χ4v) is 3.48. The van der Waals surface area contributed by atoms with Crippen molar-refractivity contribution in [2.45, 2.75) is 19.9 Å². The molecule has 0 radical (unpaired) electrons. The maximum atomic E-state index is 4.58. The summed E-state index contributed by atoms with van der Waals surface area (Å²) in [7, 11) is 1.84. The van der Waals surface area contributed by atoms with Gasteiger partial charge in [0.05, 0.1) is 6.33 Å². The van der Waals surface area contributed by atoms with E-state index in [0.29, 0.717) is 0 Å². The number of nitrogens with one attached hydrogen (secondary N) is 1. The van der Waals surface area contributed by atoms with Gasteiger partial charge in [-0.15, -0.1) is 24.0 Å². The van der Waals surface area contributed by atoms with Gasteiger partial charge in [0.2, 0.25) is 5.13 Å². The normalized spacial score (nSPS) is 15.2. The summed E-state index contributed by atoms with van der Waals surface area (Å²) in [4.78, 5) is 17.7. The first kappa shape index (κ1) is 19.9. The summed E-state index contributed by atoms with van der Waals surface area (Å²) in [5, 5.41) is 4.47. The van der Waals surface area contributed by atoms with Crippen LogP contribution in [-0.4, -0.2) is 69.5 Å². The van der Waals surface area contributed by atoms with E-state index >= 15 is 0 Å². The number of nitrogens with zero attached hydrogens (tertiary/aromatic N) is 7. The molecular formula is C15H25IN8S. The lowest BCUT2D eigenvalue weighted by atomic mass is 10.3. The summed E-state index contributed by atoms with van der Waals surface area (Å²) in [6.07, 6.45) is 6.49. The molecule has 0 unspecified atom stereocenters. The lowest BCUT2D eigenvalue weighted by molar-refractivity contribution is 0.371. The summed E-state index contributed by atoms with van der Waals surface area (Å²) in [6, 6.07) is 0. The number of halogens is 1. The van der Waals surface area contributed by atoms with Gasteiger partial charge in [-0.25, -0.2) is 9.97 Å². The maximum absolute atomic E-state index is 4.58. The summed E-state index contributed by atoms with van der Waals surface area (Å²) in [5.74, 6) is 1.90. The Kier molecular flexibility index (Phi) is 7.88. The molecule has 0 atom stereocenters. The molecule has 3 rings (SSSR count). The second-order valence-electron chi connectivity index (χ2n) is 5.60. The van der Waals surface area contributed by atoms with Crippen LogP contribution in [0, 0.1) is 0 Å². The highest BCUT2D eigenvalue weighted by Crippen LogP contribution is 2.19.